The summed E-state index contributed by atoms with van der Waals surface area (Å²) < 4.78 is 6.15. The van der Waals surface area contributed by atoms with Crippen molar-refractivity contribution in [2.75, 3.05) is 6.54 Å². The van der Waals surface area contributed by atoms with Crippen LogP contribution >= 0.6 is 0 Å². The Morgan fingerprint density at radius 3 is 2.75 bits per heavy atom. The van der Waals surface area contributed by atoms with E-state index in [0.29, 0.717) is 13.0 Å². The summed E-state index contributed by atoms with van der Waals surface area (Å²) in [5.74, 6) is 0.957. The summed E-state index contributed by atoms with van der Waals surface area (Å²) in [6, 6.07) is 15.0. The molecule has 1 amide bonds. The number of benzene rings is 2. The Hall–Kier alpha value is -2.75. The van der Waals surface area contributed by atoms with E-state index in [0.717, 1.165) is 28.9 Å². The molecule has 0 fully saturated rings. The highest BCUT2D eigenvalue weighted by Crippen LogP contribution is 2.38. The fraction of sp³-hybridized carbons (Fsp3) is 0.250. The average Bonchev–Trinajstić information content (AvgIpc) is 2.60. The first-order valence-corrected chi connectivity index (χ1v) is 8.19. The highest BCUT2D eigenvalue weighted by Gasteiger charge is 2.24. The topological polar surface area (TPSA) is 58.6 Å². The number of hydrogen-bond acceptors (Lipinski definition) is 3. The molecule has 1 aliphatic heterocycles. The normalized spacial score (nSPS) is 15.9. The van der Waals surface area contributed by atoms with Gasteiger partial charge in [0.25, 0.3) is 0 Å². The monoisotopic (exact) mass is 323 g/mol. The Labute approximate surface area is 141 Å². The molecule has 2 aromatic rings. The van der Waals surface area contributed by atoms with Gasteiger partial charge in [0.15, 0.2) is 0 Å². The van der Waals surface area contributed by atoms with Crippen LogP contribution in [0.4, 0.5) is 0 Å². The van der Waals surface area contributed by atoms with Crippen molar-refractivity contribution in [2.24, 2.45) is 0 Å². The number of amides is 1. The number of phenolic OH excluding ortho intramolecular Hbond substituents is 1. The Balaban J connectivity index is 1.90. The van der Waals surface area contributed by atoms with Gasteiger partial charge >= 0.3 is 0 Å². The van der Waals surface area contributed by atoms with Crippen LogP contribution in [0.3, 0.4) is 0 Å². The fourth-order valence-corrected chi connectivity index (χ4v) is 2.80. The van der Waals surface area contributed by atoms with E-state index in [4.69, 9.17) is 4.74 Å². The number of hydrogen-bond donors (Lipinski definition) is 2. The van der Waals surface area contributed by atoms with Gasteiger partial charge in [-0.3, -0.25) is 4.79 Å². The minimum absolute atomic E-state index is 0.0342. The van der Waals surface area contributed by atoms with Gasteiger partial charge in [-0.15, -0.1) is 0 Å². The maximum atomic E-state index is 11.8. The van der Waals surface area contributed by atoms with Gasteiger partial charge in [0.05, 0.1) is 0 Å². The first-order valence-electron chi connectivity index (χ1n) is 8.19. The lowest BCUT2D eigenvalue weighted by molar-refractivity contribution is -0.120. The summed E-state index contributed by atoms with van der Waals surface area (Å²) >= 11 is 0. The Kier molecular flexibility index (Phi) is 4.85. The second-order valence-electron chi connectivity index (χ2n) is 5.88. The quantitative estimate of drug-likeness (QED) is 0.879. The van der Waals surface area contributed by atoms with Crippen molar-refractivity contribution in [1.82, 2.24) is 5.32 Å². The van der Waals surface area contributed by atoms with Crippen LogP contribution in [-0.2, 0) is 4.79 Å². The molecule has 124 valence electrons. The van der Waals surface area contributed by atoms with E-state index in [-0.39, 0.29) is 17.8 Å². The number of aromatic hydroxyl groups is 1. The second kappa shape index (κ2) is 7.21. The molecule has 1 heterocycles. The van der Waals surface area contributed by atoms with E-state index in [1.54, 1.807) is 18.2 Å². The average molecular weight is 323 g/mol. The number of fused-ring (bicyclic) bond motifs is 1. The molecule has 4 nitrogen and oxygen atoms in total. The molecular weight excluding hydrogens is 302 g/mol. The Morgan fingerprint density at radius 2 is 2.00 bits per heavy atom. The van der Waals surface area contributed by atoms with E-state index in [9.17, 15) is 9.90 Å². The zero-order chi connectivity index (χ0) is 16.9. The van der Waals surface area contributed by atoms with Crippen LogP contribution in [0, 0.1) is 0 Å². The van der Waals surface area contributed by atoms with Gasteiger partial charge in [0.2, 0.25) is 5.91 Å². The van der Waals surface area contributed by atoms with Crippen LogP contribution in [0.2, 0.25) is 0 Å². The molecule has 3 rings (SSSR count). The first-order chi connectivity index (χ1) is 11.7. The highest BCUT2D eigenvalue weighted by molar-refractivity contribution is 5.76. The van der Waals surface area contributed by atoms with Crippen LogP contribution < -0.4 is 10.1 Å². The molecule has 1 unspecified atom stereocenters. The van der Waals surface area contributed by atoms with Crippen LogP contribution in [0.15, 0.2) is 54.1 Å². The van der Waals surface area contributed by atoms with Gasteiger partial charge in [-0.25, -0.2) is 0 Å². The Morgan fingerprint density at radius 1 is 1.21 bits per heavy atom. The molecule has 0 bridgehead atoms. The maximum Gasteiger partial charge on any atom is 0.220 e. The summed E-state index contributed by atoms with van der Waals surface area (Å²) in [7, 11) is 0. The molecule has 0 saturated heterocycles. The standard InChI is InChI=1S/C20H21NO3/c1-2-6-19(23)21-13-16-11-15-12-17(22)9-10-18(15)24-20(16)14-7-4-3-5-8-14/h3-5,7-12,20,22H,2,6,13H2,1H3,(H,21,23). The van der Waals surface area contributed by atoms with Crippen molar-refractivity contribution < 1.29 is 14.6 Å². The van der Waals surface area contributed by atoms with E-state index in [2.05, 4.69) is 5.32 Å². The van der Waals surface area contributed by atoms with E-state index >= 15 is 0 Å². The molecule has 0 spiro atoms. The van der Waals surface area contributed by atoms with Crippen LogP contribution in [0.25, 0.3) is 6.08 Å². The second-order valence-corrected chi connectivity index (χ2v) is 5.88. The number of ether oxygens (including phenoxy) is 1. The van der Waals surface area contributed by atoms with E-state index < -0.39 is 0 Å². The number of nitrogens with one attached hydrogen (secondary N) is 1. The minimum Gasteiger partial charge on any atom is -0.508 e. The lowest BCUT2D eigenvalue weighted by Crippen LogP contribution is -2.29. The van der Waals surface area contributed by atoms with Gasteiger partial charge in [0, 0.05) is 18.5 Å². The third kappa shape index (κ3) is 3.59. The molecule has 0 aromatic heterocycles. The number of rotatable bonds is 5. The smallest absolute Gasteiger partial charge is 0.220 e. The lowest BCUT2D eigenvalue weighted by atomic mass is 9.96. The zero-order valence-corrected chi connectivity index (χ0v) is 13.7. The summed E-state index contributed by atoms with van der Waals surface area (Å²) in [5, 5.41) is 12.6. The van der Waals surface area contributed by atoms with Crippen molar-refractivity contribution in [2.45, 2.75) is 25.9 Å². The Bertz CT molecular complexity index is 753. The van der Waals surface area contributed by atoms with Crippen LogP contribution in [0.5, 0.6) is 11.5 Å². The molecule has 0 radical (unpaired) electrons. The number of carbonyl (C=O) groups is 1. The molecule has 0 saturated carbocycles. The summed E-state index contributed by atoms with van der Waals surface area (Å²) in [6.07, 6.45) is 3.08. The number of carbonyl (C=O) groups excluding carboxylic acids is 1. The van der Waals surface area contributed by atoms with Crippen molar-refractivity contribution >= 4 is 12.0 Å². The van der Waals surface area contributed by atoms with Gasteiger partial charge in [-0.1, -0.05) is 37.3 Å². The van der Waals surface area contributed by atoms with E-state index in [1.165, 1.54) is 0 Å². The van der Waals surface area contributed by atoms with Crippen LogP contribution in [0.1, 0.15) is 37.0 Å². The van der Waals surface area contributed by atoms with E-state index in [1.807, 2.05) is 43.3 Å². The fourth-order valence-electron chi connectivity index (χ4n) is 2.80. The summed E-state index contributed by atoms with van der Waals surface area (Å²) in [4.78, 5) is 11.8. The van der Waals surface area contributed by atoms with Crippen molar-refractivity contribution in [3.63, 3.8) is 0 Å². The maximum absolute atomic E-state index is 11.8. The number of phenols is 1. The van der Waals surface area contributed by atoms with Crippen molar-refractivity contribution in [1.29, 1.82) is 0 Å². The molecule has 1 aliphatic rings. The van der Waals surface area contributed by atoms with Crippen molar-refractivity contribution in [3.05, 3.63) is 65.2 Å². The summed E-state index contributed by atoms with van der Waals surface area (Å²) in [5.41, 5.74) is 2.82. The molecule has 4 heteroatoms. The SMILES string of the molecule is CCCC(=O)NCC1=Cc2cc(O)ccc2OC1c1ccccc1. The third-order valence-corrected chi connectivity index (χ3v) is 3.98. The lowest BCUT2D eigenvalue weighted by Gasteiger charge is -2.28. The van der Waals surface area contributed by atoms with Crippen LogP contribution in [-0.4, -0.2) is 17.6 Å². The van der Waals surface area contributed by atoms with Gasteiger partial charge in [-0.2, -0.15) is 0 Å². The predicted octanol–water partition coefficient (Wildman–Crippen LogP) is 3.83. The predicted molar refractivity (Wildman–Crippen MR) is 93.8 cm³/mol. The van der Waals surface area contributed by atoms with Gasteiger partial charge in [-0.05, 0) is 41.8 Å². The van der Waals surface area contributed by atoms with Gasteiger partial charge < -0.3 is 15.2 Å². The largest absolute Gasteiger partial charge is 0.508 e. The minimum atomic E-state index is -0.245. The molecule has 1 atom stereocenters. The molecular formula is C20H21NO3. The molecule has 24 heavy (non-hydrogen) atoms. The molecule has 2 N–H and O–H groups in total. The van der Waals surface area contributed by atoms with Crippen molar-refractivity contribution in [3.8, 4) is 11.5 Å². The first kappa shape index (κ1) is 16.1. The summed E-state index contributed by atoms with van der Waals surface area (Å²) in [6.45, 7) is 2.40. The highest BCUT2D eigenvalue weighted by atomic mass is 16.5. The zero-order valence-electron chi connectivity index (χ0n) is 13.7. The van der Waals surface area contributed by atoms with Gasteiger partial charge in [0.1, 0.15) is 17.6 Å². The molecule has 2 aromatic carbocycles. The third-order valence-electron chi connectivity index (χ3n) is 3.98. The molecule has 0 aliphatic carbocycles.